The van der Waals surface area contributed by atoms with Crippen molar-refractivity contribution in [1.29, 1.82) is 5.26 Å². The van der Waals surface area contributed by atoms with Crippen molar-refractivity contribution in [2.75, 3.05) is 11.1 Å². The molecule has 0 fully saturated rings. The molecule has 0 amide bonds. The molecule has 2 rings (SSSR count). The maximum atomic E-state index is 8.94. The van der Waals surface area contributed by atoms with E-state index >= 15 is 0 Å². The normalized spacial score (nSPS) is 11.8. The lowest BCUT2D eigenvalue weighted by molar-refractivity contribution is 0.704. The first kappa shape index (κ1) is 12.0. The van der Waals surface area contributed by atoms with E-state index < -0.39 is 0 Å². The van der Waals surface area contributed by atoms with Gasteiger partial charge in [-0.25, -0.2) is 4.98 Å². The van der Waals surface area contributed by atoms with Gasteiger partial charge in [-0.15, -0.1) is 0 Å². The first-order valence-corrected chi connectivity index (χ1v) is 5.80. The number of hydrogen-bond donors (Lipinski definition) is 3. The van der Waals surface area contributed by atoms with Gasteiger partial charge in [0.25, 0.3) is 0 Å². The number of nitrogens with one attached hydrogen (secondary N) is 2. The summed E-state index contributed by atoms with van der Waals surface area (Å²) in [5.41, 5.74) is 7.53. The standard InChI is InChI=1S/C13H15N5/c1-2-12(13-16-5-6-17-13)18-10-3-4-11(15)9(7-10)8-14/h3-7,12,18H,2,15H2,1H3,(H,16,17). The average Bonchev–Trinajstić information content (AvgIpc) is 2.91. The number of benzene rings is 1. The molecule has 0 aliphatic carbocycles. The SMILES string of the molecule is CCC(Nc1ccc(N)c(C#N)c1)c1ncc[nH]1. The van der Waals surface area contributed by atoms with Gasteiger partial charge >= 0.3 is 0 Å². The summed E-state index contributed by atoms with van der Waals surface area (Å²) < 4.78 is 0. The van der Waals surface area contributed by atoms with Crippen LogP contribution in [0.3, 0.4) is 0 Å². The molecule has 0 radical (unpaired) electrons. The molecule has 2 aromatic rings. The smallest absolute Gasteiger partial charge is 0.128 e. The highest BCUT2D eigenvalue weighted by molar-refractivity contribution is 5.62. The summed E-state index contributed by atoms with van der Waals surface area (Å²) in [6, 6.07) is 7.51. The van der Waals surface area contributed by atoms with Crippen LogP contribution in [0, 0.1) is 11.3 Å². The second-order valence-corrected chi connectivity index (χ2v) is 3.99. The minimum absolute atomic E-state index is 0.0927. The number of nitrogens with zero attached hydrogens (tertiary/aromatic N) is 2. The molecule has 4 N–H and O–H groups in total. The summed E-state index contributed by atoms with van der Waals surface area (Å²) in [5, 5.41) is 12.3. The minimum Gasteiger partial charge on any atom is -0.398 e. The van der Waals surface area contributed by atoms with Crippen molar-refractivity contribution in [1.82, 2.24) is 9.97 Å². The van der Waals surface area contributed by atoms with E-state index in [0.717, 1.165) is 17.9 Å². The van der Waals surface area contributed by atoms with Gasteiger partial charge in [-0.3, -0.25) is 0 Å². The van der Waals surface area contributed by atoms with Crippen LogP contribution in [0.4, 0.5) is 11.4 Å². The van der Waals surface area contributed by atoms with Gasteiger partial charge in [-0.05, 0) is 24.6 Å². The number of imidazole rings is 1. The lowest BCUT2D eigenvalue weighted by Gasteiger charge is -2.16. The van der Waals surface area contributed by atoms with E-state index in [1.807, 2.05) is 6.07 Å². The molecule has 1 aromatic carbocycles. The molecule has 1 unspecified atom stereocenters. The van der Waals surface area contributed by atoms with Crippen molar-refractivity contribution in [2.24, 2.45) is 0 Å². The van der Waals surface area contributed by atoms with Crippen LogP contribution in [0.2, 0.25) is 0 Å². The fourth-order valence-electron chi connectivity index (χ4n) is 1.78. The van der Waals surface area contributed by atoms with Crippen LogP contribution in [0.1, 0.15) is 30.8 Å². The molecule has 1 aromatic heterocycles. The number of anilines is 2. The Morgan fingerprint density at radius 2 is 2.39 bits per heavy atom. The summed E-state index contributed by atoms with van der Waals surface area (Å²) in [6.45, 7) is 2.07. The predicted molar refractivity (Wildman–Crippen MR) is 70.8 cm³/mol. The number of H-pyrrole nitrogens is 1. The van der Waals surface area contributed by atoms with Crippen molar-refractivity contribution in [3.05, 3.63) is 42.0 Å². The van der Waals surface area contributed by atoms with Crippen molar-refractivity contribution in [3.63, 3.8) is 0 Å². The van der Waals surface area contributed by atoms with Crippen molar-refractivity contribution < 1.29 is 0 Å². The summed E-state index contributed by atoms with van der Waals surface area (Å²) in [5.74, 6) is 0.882. The second kappa shape index (κ2) is 5.23. The van der Waals surface area contributed by atoms with Gasteiger partial charge in [0.2, 0.25) is 0 Å². The number of nitrogens with two attached hydrogens (primary N) is 1. The van der Waals surface area contributed by atoms with Crippen LogP contribution in [-0.2, 0) is 0 Å². The summed E-state index contributed by atoms with van der Waals surface area (Å²) in [4.78, 5) is 7.32. The molecule has 18 heavy (non-hydrogen) atoms. The highest BCUT2D eigenvalue weighted by Gasteiger charge is 2.11. The fourth-order valence-corrected chi connectivity index (χ4v) is 1.78. The highest BCUT2D eigenvalue weighted by atomic mass is 15.0. The fraction of sp³-hybridized carbons (Fsp3) is 0.231. The zero-order chi connectivity index (χ0) is 13.0. The maximum Gasteiger partial charge on any atom is 0.128 e. The van der Waals surface area contributed by atoms with Gasteiger partial charge in [0.1, 0.15) is 11.9 Å². The zero-order valence-corrected chi connectivity index (χ0v) is 10.1. The van der Waals surface area contributed by atoms with Gasteiger partial charge < -0.3 is 16.0 Å². The van der Waals surface area contributed by atoms with E-state index in [0.29, 0.717) is 11.3 Å². The van der Waals surface area contributed by atoms with Crippen molar-refractivity contribution >= 4 is 11.4 Å². The Morgan fingerprint density at radius 1 is 1.56 bits per heavy atom. The largest absolute Gasteiger partial charge is 0.398 e. The monoisotopic (exact) mass is 241 g/mol. The molecule has 0 bridgehead atoms. The Morgan fingerprint density at radius 3 is 3.00 bits per heavy atom. The molecule has 1 heterocycles. The van der Waals surface area contributed by atoms with Crippen LogP contribution in [0.5, 0.6) is 0 Å². The summed E-state index contributed by atoms with van der Waals surface area (Å²) >= 11 is 0. The Hall–Kier alpha value is -2.48. The molecule has 0 saturated carbocycles. The Bertz CT molecular complexity index is 553. The predicted octanol–water partition coefficient (Wildman–Crippen LogP) is 2.43. The number of nitrogen functional groups attached to an aromatic ring is 1. The molecule has 5 nitrogen and oxygen atoms in total. The number of rotatable bonds is 4. The van der Waals surface area contributed by atoms with Crippen LogP contribution >= 0.6 is 0 Å². The van der Waals surface area contributed by atoms with Crippen LogP contribution in [-0.4, -0.2) is 9.97 Å². The number of nitriles is 1. The molecular weight excluding hydrogens is 226 g/mol. The molecule has 0 aliphatic heterocycles. The number of hydrogen-bond acceptors (Lipinski definition) is 4. The summed E-state index contributed by atoms with van der Waals surface area (Å²) in [7, 11) is 0. The maximum absolute atomic E-state index is 8.94. The second-order valence-electron chi connectivity index (χ2n) is 3.99. The van der Waals surface area contributed by atoms with Crippen molar-refractivity contribution in [2.45, 2.75) is 19.4 Å². The lowest BCUT2D eigenvalue weighted by Crippen LogP contribution is -2.11. The minimum atomic E-state index is 0.0927. The molecule has 0 saturated heterocycles. The first-order chi connectivity index (χ1) is 8.74. The molecule has 1 atom stereocenters. The van der Waals surface area contributed by atoms with Gasteiger partial charge in [0.05, 0.1) is 11.6 Å². The molecule has 0 spiro atoms. The van der Waals surface area contributed by atoms with E-state index in [-0.39, 0.29) is 6.04 Å². The average molecular weight is 241 g/mol. The third-order valence-corrected chi connectivity index (χ3v) is 2.77. The number of aromatic nitrogens is 2. The van der Waals surface area contributed by atoms with E-state index in [1.165, 1.54) is 0 Å². The quantitative estimate of drug-likeness (QED) is 0.717. The first-order valence-electron chi connectivity index (χ1n) is 5.80. The molecule has 92 valence electrons. The molecule has 0 aliphatic rings. The van der Waals surface area contributed by atoms with Gasteiger partial charge in [-0.2, -0.15) is 5.26 Å². The Balaban J connectivity index is 2.20. The third-order valence-electron chi connectivity index (χ3n) is 2.77. The van der Waals surface area contributed by atoms with Gasteiger partial charge in [0.15, 0.2) is 0 Å². The van der Waals surface area contributed by atoms with E-state index in [9.17, 15) is 0 Å². The molecule has 5 heteroatoms. The van der Waals surface area contributed by atoms with E-state index in [4.69, 9.17) is 11.0 Å². The van der Waals surface area contributed by atoms with Crippen molar-refractivity contribution in [3.8, 4) is 6.07 Å². The third kappa shape index (κ3) is 2.43. The van der Waals surface area contributed by atoms with E-state index in [1.54, 1.807) is 24.5 Å². The van der Waals surface area contributed by atoms with Crippen LogP contribution in [0.15, 0.2) is 30.6 Å². The van der Waals surface area contributed by atoms with E-state index in [2.05, 4.69) is 28.3 Å². The van der Waals surface area contributed by atoms with Crippen LogP contribution in [0.25, 0.3) is 0 Å². The molecular formula is C13H15N5. The number of aromatic amines is 1. The Labute approximate surface area is 106 Å². The Kier molecular flexibility index (Phi) is 3.49. The highest BCUT2D eigenvalue weighted by Crippen LogP contribution is 2.22. The lowest BCUT2D eigenvalue weighted by atomic mass is 10.1. The topological polar surface area (TPSA) is 90.5 Å². The van der Waals surface area contributed by atoms with Crippen LogP contribution < -0.4 is 11.1 Å². The zero-order valence-electron chi connectivity index (χ0n) is 10.1. The summed E-state index contributed by atoms with van der Waals surface area (Å²) in [6.07, 6.45) is 4.41. The van der Waals surface area contributed by atoms with Gasteiger partial charge in [-0.1, -0.05) is 6.92 Å². The van der Waals surface area contributed by atoms with Gasteiger partial charge in [0, 0.05) is 23.8 Å².